The third-order valence-corrected chi connectivity index (χ3v) is 4.49. The van der Waals surface area contributed by atoms with Crippen molar-refractivity contribution in [3.05, 3.63) is 35.2 Å². The molecule has 0 aromatic carbocycles. The SMILES string of the molecule is O=C(Cc1csc(N2CCNC2=O)n1)NCCCOCc1ccco1. The highest BCUT2D eigenvalue weighted by Gasteiger charge is 2.23. The van der Waals surface area contributed by atoms with E-state index >= 15 is 0 Å². The van der Waals surface area contributed by atoms with Gasteiger partial charge in [0.25, 0.3) is 0 Å². The van der Waals surface area contributed by atoms with E-state index in [1.807, 2.05) is 17.5 Å². The average molecular weight is 364 g/mol. The van der Waals surface area contributed by atoms with Crippen LogP contribution in [0.1, 0.15) is 17.9 Å². The minimum atomic E-state index is -0.139. The predicted molar refractivity (Wildman–Crippen MR) is 92.6 cm³/mol. The summed E-state index contributed by atoms with van der Waals surface area (Å²) in [5, 5.41) is 8.01. The molecule has 3 amide bonds. The van der Waals surface area contributed by atoms with Crippen molar-refractivity contribution >= 4 is 28.4 Å². The first-order chi connectivity index (χ1) is 12.2. The number of ether oxygens (including phenoxy) is 1. The van der Waals surface area contributed by atoms with Crippen LogP contribution in [0.15, 0.2) is 28.2 Å². The fourth-order valence-corrected chi connectivity index (χ4v) is 3.20. The Labute approximate surface area is 149 Å². The van der Waals surface area contributed by atoms with E-state index < -0.39 is 0 Å². The molecular formula is C16H20N4O4S. The van der Waals surface area contributed by atoms with Crippen LogP contribution in [-0.4, -0.2) is 43.2 Å². The number of nitrogens with zero attached hydrogens (tertiary/aromatic N) is 2. The number of urea groups is 1. The molecule has 3 heterocycles. The molecule has 0 spiro atoms. The highest BCUT2D eigenvalue weighted by atomic mass is 32.1. The van der Waals surface area contributed by atoms with Crippen LogP contribution in [0.3, 0.4) is 0 Å². The summed E-state index contributed by atoms with van der Waals surface area (Å²) in [6.45, 7) is 2.76. The Morgan fingerprint density at radius 2 is 2.44 bits per heavy atom. The molecule has 25 heavy (non-hydrogen) atoms. The topological polar surface area (TPSA) is 96.7 Å². The second-order valence-electron chi connectivity index (χ2n) is 5.52. The molecule has 0 radical (unpaired) electrons. The molecule has 0 atom stereocenters. The van der Waals surface area contributed by atoms with Crippen molar-refractivity contribution in [3.8, 4) is 0 Å². The standard InChI is InChI=1S/C16H20N4O4S/c21-14(17-4-2-7-23-10-13-3-1-8-24-13)9-12-11-25-16(19-12)20-6-5-18-15(20)22/h1,3,8,11H,2,4-7,9-10H2,(H,17,21)(H,18,22). The van der Waals surface area contributed by atoms with Gasteiger partial charge in [0.1, 0.15) is 12.4 Å². The predicted octanol–water partition coefficient (Wildman–Crippen LogP) is 1.53. The highest BCUT2D eigenvalue weighted by Crippen LogP contribution is 2.22. The van der Waals surface area contributed by atoms with Gasteiger partial charge in [-0.2, -0.15) is 0 Å². The lowest BCUT2D eigenvalue weighted by Crippen LogP contribution is -2.28. The first-order valence-electron chi connectivity index (χ1n) is 8.09. The number of rotatable bonds is 9. The van der Waals surface area contributed by atoms with E-state index in [1.165, 1.54) is 11.3 Å². The van der Waals surface area contributed by atoms with Gasteiger partial charge in [0.2, 0.25) is 5.91 Å². The molecule has 134 valence electrons. The normalized spacial score (nSPS) is 13.9. The maximum atomic E-state index is 11.9. The van der Waals surface area contributed by atoms with Gasteiger partial charge in [0, 0.05) is 31.6 Å². The van der Waals surface area contributed by atoms with Gasteiger partial charge < -0.3 is 19.8 Å². The number of anilines is 1. The van der Waals surface area contributed by atoms with Crippen LogP contribution in [0.4, 0.5) is 9.93 Å². The lowest BCUT2D eigenvalue weighted by Gasteiger charge is -2.08. The van der Waals surface area contributed by atoms with Crippen LogP contribution >= 0.6 is 11.3 Å². The average Bonchev–Trinajstić information content (AvgIpc) is 3.32. The molecule has 0 unspecified atom stereocenters. The Bertz CT molecular complexity index is 701. The number of carbonyl (C=O) groups is 2. The van der Waals surface area contributed by atoms with E-state index in [4.69, 9.17) is 9.15 Å². The largest absolute Gasteiger partial charge is 0.467 e. The summed E-state index contributed by atoms with van der Waals surface area (Å²) in [5.74, 6) is 0.698. The summed E-state index contributed by atoms with van der Waals surface area (Å²) in [6, 6.07) is 3.54. The zero-order valence-electron chi connectivity index (χ0n) is 13.7. The van der Waals surface area contributed by atoms with Crippen LogP contribution in [0.25, 0.3) is 0 Å². The number of aromatic nitrogens is 1. The number of furan rings is 1. The third kappa shape index (κ3) is 5.04. The van der Waals surface area contributed by atoms with Gasteiger partial charge in [-0.3, -0.25) is 9.69 Å². The molecule has 0 aliphatic carbocycles. The zero-order valence-corrected chi connectivity index (χ0v) is 14.5. The Hall–Kier alpha value is -2.39. The Morgan fingerprint density at radius 3 is 3.20 bits per heavy atom. The van der Waals surface area contributed by atoms with Gasteiger partial charge in [-0.15, -0.1) is 11.3 Å². The molecular weight excluding hydrogens is 344 g/mol. The van der Waals surface area contributed by atoms with Crippen LogP contribution < -0.4 is 15.5 Å². The van der Waals surface area contributed by atoms with Gasteiger partial charge in [-0.05, 0) is 18.6 Å². The lowest BCUT2D eigenvalue weighted by molar-refractivity contribution is -0.120. The van der Waals surface area contributed by atoms with Crippen molar-refractivity contribution in [1.29, 1.82) is 0 Å². The molecule has 1 aliphatic heterocycles. The number of amides is 3. The van der Waals surface area contributed by atoms with E-state index in [-0.39, 0.29) is 18.4 Å². The summed E-state index contributed by atoms with van der Waals surface area (Å²) in [6.07, 6.45) is 2.54. The molecule has 8 nitrogen and oxygen atoms in total. The van der Waals surface area contributed by atoms with E-state index in [2.05, 4.69) is 15.6 Å². The molecule has 2 aromatic heterocycles. The van der Waals surface area contributed by atoms with Gasteiger partial charge in [0.05, 0.1) is 18.4 Å². The Morgan fingerprint density at radius 1 is 1.52 bits per heavy atom. The summed E-state index contributed by atoms with van der Waals surface area (Å²) in [7, 11) is 0. The summed E-state index contributed by atoms with van der Waals surface area (Å²) < 4.78 is 10.6. The number of hydrogen-bond donors (Lipinski definition) is 2. The first kappa shape index (κ1) is 17.4. The maximum absolute atomic E-state index is 11.9. The molecule has 1 fully saturated rings. The minimum absolute atomic E-state index is 0.0891. The minimum Gasteiger partial charge on any atom is -0.467 e. The second kappa shape index (κ2) is 8.63. The molecule has 1 saturated heterocycles. The lowest BCUT2D eigenvalue weighted by atomic mass is 10.3. The molecule has 9 heteroatoms. The first-order valence-corrected chi connectivity index (χ1v) is 8.97. The second-order valence-corrected chi connectivity index (χ2v) is 6.35. The zero-order chi connectivity index (χ0) is 17.5. The number of nitrogens with one attached hydrogen (secondary N) is 2. The van der Waals surface area contributed by atoms with E-state index in [9.17, 15) is 9.59 Å². The van der Waals surface area contributed by atoms with Crippen LogP contribution in [-0.2, 0) is 22.6 Å². The highest BCUT2D eigenvalue weighted by molar-refractivity contribution is 7.14. The van der Waals surface area contributed by atoms with Gasteiger partial charge >= 0.3 is 6.03 Å². The van der Waals surface area contributed by atoms with Crippen LogP contribution in [0.5, 0.6) is 0 Å². The van der Waals surface area contributed by atoms with Gasteiger partial charge in [-0.25, -0.2) is 9.78 Å². The van der Waals surface area contributed by atoms with E-state index in [1.54, 1.807) is 11.2 Å². The smallest absolute Gasteiger partial charge is 0.323 e. The Kier molecular flexibility index (Phi) is 6.02. The molecule has 3 rings (SSSR count). The third-order valence-electron chi connectivity index (χ3n) is 3.58. The van der Waals surface area contributed by atoms with E-state index in [0.717, 1.165) is 12.2 Å². The summed E-state index contributed by atoms with van der Waals surface area (Å²) >= 11 is 1.37. The molecule has 2 N–H and O–H groups in total. The quantitative estimate of drug-likeness (QED) is 0.658. The molecule has 1 aliphatic rings. The fraction of sp³-hybridized carbons (Fsp3) is 0.438. The number of thiazole rings is 1. The van der Waals surface area contributed by atoms with Gasteiger partial charge in [-0.1, -0.05) is 0 Å². The van der Waals surface area contributed by atoms with Crippen molar-refractivity contribution in [2.24, 2.45) is 0 Å². The van der Waals surface area contributed by atoms with Crippen molar-refractivity contribution in [2.75, 3.05) is 31.1 Å². The van der Waals surface area contributed by atoms with Crippen molar-refractivity contribution in [1.82, 2.24) is 15.6 Å². The number of carbonyl (C=O) groups excluding carboxylic acids is 2. The molecule has 2 aromatic rings. The molecule has 0 saturated carbocycles. The maximum Gasteiger partial charge on any atom is 0.323 e. The van der Waals surface area contributed by atoms with Crippen LogP contribution in [0, 0.1) is 0 Å². The van der Waals surface area contributed by atoms with E-state index in [0.29, 0.717) is 43.7 Å². The summed E-state index contributed by atoms with van der Waals surface area (Å²) in [4.78, 5) is 29.5. The number of hydrogen-bond acceptors (Lipinski definition) is 6. The molecule has 0 bridgehead atoms. The Balaban J connectivity index is 1.31. The van der Waals surface area contributed by atoms with Crippen LogP contribution in [0.2, 0.25) is 0 Å². The van der Waals surface area contributed by atoms with Crippen molar-refractivity contribution in [3.63, 3.8) is 0 Å². The monoisotopic (exact) mass is 364 g/mol. The van der Waals surface area contributed by atoms with Crippen molar-refractivity contribution in [2.45, 2.75) is 19.4 Å². The van der Waals surface area contributed by atoms with Gasteiger partial charge in [0.15, 0.2) is 5.13 Å². The summed E-state index contributed by atoms with van der Waals surface area (Å²) in [5.41, 5.74) is 0.672. The fourth-order valence-electron chi connectivity index (χ4n) is 2.35. The van der Waals surface area contributed by atoms with Crippen molar-refractivity contribution < 1.29 is 18.7 Å².